The maximum atomic E-state index is 11.8. The number of amides is 1. The first kappa shape index (κ1) is 16.4. The predicted octanol–water partition coefficient (Wildman–Crippen LogP) is 3.00. The number of benzene rings is 1. The summed E-state index contributed by atoms with van der Waals surface area (Å²) in [7, 11) is 0. The van der Waals surface area contributed by atoms with Gasteiger partial charge in [-0.25, -0.2) is 0 Å². The molecule has 0 saturated carbocycles. The molecule has 1 rings (SSSR count). The van der Waals surface area contributed by atoms with Crippen molar-refractivity contribution in [2.24, 2.45) is 5.92 Å². The van der Waals surface area contributed by atoms with Gasteiger partial charge in [-0.1, -0.05) is 56.3 Å². The van der Waals surface area contributed by atoms with Crippen LogP contribution in [-0.2, 0) is 4.79 Å². The molecule has 0 aromatic heterocycles. The molecule has 20 heavy (non-hydrogen) atoms. The molecule has 0 aliphatic carbocycles. The molecule has 3 heteroatoms. The van der Waals surface area contributed by atoms with Crippen LogP contribution in [0.25, 0.3) is 6.08 Å². The standard InChI is InChI=1S/C17H25NO2/c1-14(2)16(12-13-19)18-17(20)11-7-6-10-15-8-4-3-5-9-15/h3-6,8-10,14,16,19H,7,11-13H2,1-2H3,(H,18,20)/b10-6+. The number of carbonyl (C=O) groups excluding carboxylic acids is 1. The second-order valence-electron chi connectivity index (χ2n) is 5.28. The van der Waals surface area contributed by atoms with Crippen molar-refractivity contribution in [3.05, 3.63) is 42.0 Å². The molecule has 0 heterocycles. The number of nitrogens with one attached hydrogen (secondary N) is 1. The lowest BCUT2D eigenvalue weighted by Gasteiger charge is -2.21. The van der Waals surface area contributed by atoms with Gasteiger partial charge in [-0.3, -0.25) is 4.79 Å². The first-order chi connectivity index (χ1) is 9.63. The highest BCUT2D eigenvalue weighted by Crippen LogP contribution is 2.07. The van der Waals surface area contributed by atoms with Gasteiger partial charge < -0.3 is 10.4 Å². The summed E-state index contributed by atoms with van der Waals surface area (Å²) in [6.07, 6.45) is 5.87. The van der Waals surface area contributed by atoms with Crippen molar-refractivity contribution in [1.29, 1.82) is 0 Å². The highest BCUT2D eigenvalue weighted by atomic mass is 16.3. The maximum Gasteiger partial charge on any atom is 0.220 e. The molecule has 1 unspecified atom stereocenters. The molecule has 2 N–H and O–H groups in total. The smallest absolute Gasteiger partial charge is 0.220 e. The lowest BCUT2D eigenvalue weighted by atomic mass is 10.0. The van der Waals surface area contributed by atoms with Crippen molar-refractivity contribution in [3.8, 4) is 0 Å². The van der Waals surface area contributed by atoms with Crippen LogP contribution in [0.5, 0.6) is 0 Å². The summed E-state index contributed by atoms with van der Waals surface area (Å²) < 4.78 is 0. The van der Waals surface area contributed by atoms with E-state index in [2.05, 4.69) is 19.2 Å². The van der Waals surface area contributed by atoms with Gasteiger partial charge in [0.25, 0.3) is 0 Å². The third-order valence-corrected chi connectivity index (χ3v) is 3.24. The minimum Gasteiger partial charge on any atom is -0.396 e. The number of rotatable bonds is 8. The van der Waals surface area contributed by atoms with Gasteiger partial charge in [0.15, 0.2) is 0 Å². The minimum atomic E-state index is 0.0508. The largest absolute Gasteiger partial charge is 0.396 e. The summed E-state index contributed by atoms with van der Waals surface area (Å²) in [5, 5.41) is 12.0. The molecule has 0 aliphatic heterocycles. The first-order valence-corrected chi connectivity index (χ1v) is 7.25. The van der Waals surface area contributed by atoms with Gasteiger partial charge in [-0.2, -0.15) is 0 Å². The van der Waals surface area contributed by atoms with E-state index in [1.165, 1.54) is 0 Å². The van der Waals surface area contributed by atoms with Crippen molar-refractivity contribution in [2.75, 3.05) is 6.61 Å². The lowest BCUT2D eigenvalue weighted by molar-refractivity contribution is -0.122. The highest BCUT2D eigenvalue weighted by Gasteiger charge is 2.14. The van der Waals surface area contributed by atoms with E-state index in [4.69, 9.17) is 5.11 Å². The average molecular weight is 275 g/mol. The number of carbonyl (C=O) groups is 1. The van der Waals surface area contributed by atoms with E-state index in [1.807, 2.05) is 42.5 Å². The van der Waals surface area contributed by atoms with Gasteiger partial charge in [-0.05, 0) is 24.3 Å². The molecule has 0 saturated heterocycles. The molecule has 1 amide bonds. The third-order valence-electron chi connectivity index (χ3n) is 3.24. The van der Waals surface area contributed by atoms with Crippen LogP contribution < -0.4 is 5.32 Å². The Morgan fingerprint density at radius 1 is 1.30 bits per heavy atom. The van der Waals surface area contributed by atoms with E-state index in [0.29, 0.717) is 18.8 Å². The van der Waals surface area contributed by atoms with Gasteiger partial charge in [-0.15, -0.1) is 0 Å². The summed E-state index contributed by atoms with van der Waals surface area (Å²) in [6.45, 7) is 4.21. The molecule has 0 bridgehead atoms. The Labute approximate surface area is 121 Å². The number of aliphatic hydroxyl groups is 1. The summed E-state index contributed by atoms with van der Waals surface area (Å²) >= 11 is 0. The molecular weight excluding hydrogens is 250 g/mol. The van der Waals surface area contributed by atoms with Crippen LogP contribution in [0.2, 0.25) is 0 Å². The molecule has 1 atom stereocenters. The second kappa shape index (κ2) is 9.32. The Morgan fingerprint density at radius 2 is 2.00 bits per heavy atom. The Bertz CT molecular complexity index is 412. The quantitative estimate of drug-likeness (QED) is 0.766. The molecule has 0 fully saturated rings. The first-order valence-electron chi connectivity index (χ1n) is 7.25. The van der Waals surface area contributed by atoms with Crippen molar-refractivity contribution in [2.45, 2.75) is 39.2 Å². The fourth-order valence-corrected chi connectivity index (χ4v) is 1.99. The van der Waals surface area contributed by atoms with E-state index in [-0.39, 0.29) is 18.6 Å². The minimum absolute atomic E-state index is 0.0508. The van der Waals surface area contributed by atoms with Crippen LogP contribution in [-0.4, -0.2) is 23.7 Å². The normalized spacial score (nSPS) is 12.8. The van der Waals surface area contributed by atoms with E-state index in [9.17, 15) is 4.79 Å². The molecule has 110 valence electrons. The molecular formula is C17H25NO2. The Morgan fingerprint density at radius 3 is 2.60 bits per heavy atom. The van der Waals surface area contributed by atoms with Crippen molar-refractivity contribution < 1.29 is 9.90 Å². The van der Waals surface area contributed by atoms with Gasteiger partial charge in [0.2, 0.25) is 5.91 Å². The fraction of sp³-hybridized carbons (Fsp3) is 0.471. The van der Waals surface area contributed by atoms with Crippen LogP contribution in [0.1, 0.15) is 38.7 Å². The molecule has 1 aromatic carbocycles. The van der Waals surface area contributed by atoms with E-state index < -0.39 is 0 Å². The number of aliphatic hydroxyl groups excluding tert-OH is 1. The van der Waals surface area contributed by atoms with Gasteiger partial charge in [0.05, 0.1) is 0 Å². The van der Waals surface area contributed by atoms with Crippen LogP contribution >= 0.6 is 0 Å². The maximum absolute atomic E-state index is 11.8. The van der Waals surface area contributed by atoms with Crippen LogP contribution in [0.4, 0.5) is 0 Å². The Kier molecular flexibility index (Phi) is 7.66. The molecule has 0 spiro atoms. The van der Waals surface area contributed by atoms with Crippen molar-refractivity contribution >= 4 is 12.0 Å². The monoisotopic (exact) mass is 275 g/mol. The Hall–Kier alpha value is -1.61. The van der Waals surface area contributed by atoms with E-state index >= 15 is 0 Å². The average Bonchev–Trinajstić information content (AvgIpc) is 2.44. The Balaban J connectivity index is 2.31. The van der Waals surface area contributed by atoms with Crippen LogP contribution in [0, 0.1) is 5.92 Å². The zero-order chi connectivity index (χ0) is 14.8. The molecule has 0 radical (unpaired) electrons. The topological polar surface area (TPSA) is 49.3 Å². The predicted molar refractivity (Wildman–Crippen MR) is 83.2 cm³/mol. The highest BCUT2D eigenvalue weighted by molar-refractivity contribution is 5.76. The van der Waals surface area contributed by atoms with Crippen molar-refractivity contribution in [3.63, 3.8) is 0 Å². The summed E-state index contributed by atoms with van der Waals surface area (Å²) in [5.41, 5.74) is 1.15. The second-order valence-corrected chi connectivity index (χ2v) is 5.28. The fourth-order valence-electron chi connectivity index (χ4n) is 1.99. The van der Waals surface area contributed by atoms with Crippen LogP contribution in [0.15, 0.2) is 36.4 Å². The van der Waals surface area contributed by atoms with Gasteiger partial charge >= 0.3 is 0 Å². The van der Waals surface area contributed by atoms with Gasteiger partial charge in [0, 0.05) is 19.1 Å². The van der Waals surface area contributed by atoms with Gasteiger partial charge in [0.1, 0.15) is 0 Å². The van der Waals surface area contributed by atoms with Crippen molar-refractivity contribution in [1.82, 2.24) is 5.32 Å². The SMILES string of the molecule is CC(C)C(CCO)NC(=O)CC/C=C/c1ccccc1. The lowest BCUT2D eigenvalue weighted by Crippen LogP contribution is -2.39. The molecule has 1 aromatic rings. The van der Waals surface area contributed by atoms with Crippen LogP contribution in [0.3, 0.4) is 0 Å². The number of hydrogen-bond acceptors (Lipinski definition) is 2. The van der Waals surface area contributed by atoms with E-state index in [0.717, 1.165) is 12.0 Å². The van der Waals surface area contributed by atoms with E-state index in [1.54, 1.807) is 0 Å². The summed E-state index contributed by atoms with van der Waals surface area (Å²) in [5.74, 6) is 0.390. The molecule has 3 nitrogen and oxygen atoms in total. The zero-order valence-corrected chi connectivity index (χ0v) is 12.4. The zero-order valence-electron chi connectivity index (χ0n) is 12.4. The number of hydrogen-bond donors (Lipinski definition) is 2. The molecule has 0 aliphatic rings. The number of allylic oxidation sites excluding steroid dienone is 1. The summed E-state index contributed by atoms with van der Waals surface area (Å²) in [6, 6.07) is 10.1. The third kappa shape index (κ3) is 6.53. The summed E-state index contributed by atoms with van der Waals surface area (Å²) in [4.78, 5) is 11.8.